The molecule has 0 fully saturated rings. The Morgan fingerprint density at radius 3 is 2.39 bits per heavy atom. The Morgan fingerprint density at radius 1 is 1.06 bits per heavy atom. The van der Waals surface area contributed by atoms with Crippen molar-refractivity contribution in [3.63, 3.8) is 0 Å². The van der Waals surface area contributed by atoms with E-state index in [0.29, 0.717) is 16.7 Å². The van der Waals surface area contributed by atoms with Crippen LogP contribution in [0.2, 0.25) is 0 Å². The lowest BCUT2D eigenvalue weighted by Gasteiger charge is -2.20. The molecule has 0 amide bonds. The van der Waals surface area contributed by atoms with Crippen molar-refractivity contribution >= 4 is 33.0 Å². The molecule has 0 radical (unpaired) electrons. The van der Waals surface area contributed by atoms with Crippen LogP contribution in [0.25, 0.3) is 16.6 Å². The molecule has 4 aromatic rings. The molecule has 7 heteroatoms. The molecule has 2 aromatic carbocycles. The molecule has 0 aliphatic heterocycles. The smallest absolute Gasteiger partial charge is 0.282 e. The first-order valence-corrected chi connectivity index (χ1v) is 11.5. The van der Waals surface area contributed by atoms with Gasteiger partial charge in [-0.15, -0.1) is 0 Å². The second-order valence-electron chi connectivity index (χ2n) is 9.07. The predicted molar refractivity (Wildman–Crippen MR) is 137 cm³/mol. The second kappa shape index (κ2) is 8.63. The van der Waals surface area contributed by atoms with Crippen molar-refractivity contribution in [3.8, 4) is 11.4 Å². The molecule has 0 aliphatic rings. The highest BCUT2D eigenvalue weighted by Crippen LogP contribution is 2.24. The summed E-state index contributed by atoms with van der Waals surface area (Å²) < 4.78 is 9.69. The van der Waals surface area contributed by atoms with E-state index in [1.807, 2.05) is 64.1 Å². The summed E-state index contributed by atoms with van der Waals surface area (Å²) in [6, 6.07) is 15.5. The molecule has 0 unspecified atom stereocenters. The number of halogens is 1. The van der Waals surface area contributed by atoms with E-state index in [9.17, 15) is 4.79 Å². The zero-order valence-corrected chi connectivity index (χ0v) is 21.3. The monoisotopic (exact) mass is 506 g/mol. The summed E-state index contributed by atoms with van der Waals surface area (Å²) >= 11 is 3.45. The maximum atomic E-state index is 13.4. The fraction of sp³-hybridized carbons (Fsp3) is 0.269. The van der Waals surface area contributed by atoms with Gasteiger partial charge < -0.3 is 9.30 Å². The van der Waals surface area contributed by atoms with Gasteiger partial charge in [-0.3, -0.25) is 4.79 Å². The Hall–Kier alpha value is -3.19. The minimum atomic E-state index is -0.363. The van der Waals surface area contributed by atoms with Crippen LogP contribution < -0.4 is 10.3 Å². The lowest BCUT2D eigenvalue weighted by atomic mass is 9.95. The maximum absolute atomic E-state index is 13.4. The molecule has 6 nitrogen and oxygen atoms in total. The average Bonchev–Trinajstić information content (AvgIpc) is 3.05. The van der Waals surface area contributed by atoms with Crippen LogP contribution in [0.5, 0.6) is 5.75 Å². The highest BCUT2D eigenvalue weighted by molar-refractivity contribution is 9.10. The summed E-state index contributed by atoms with van der Waals surface area (Å²) in [6.45, 7) is 10.2. The molecule has 0 bridgehead atoms. The van der Waals surface area contributed by atoms with Crippen LogP contribution in [0.4, 0.5) is 0 Å². The standard InChI is InChI=1S/C26H27BrN4O2/c1-16-13-18(17(2)30(16)20-8-10-21(33-6)11-9-20)15-28-31-24(32)22-14-19(27)7-12-23(22)29-25(31)26(3,4)5/h7-15H,1-6H3. The molecule has 33 heavy (non-hydrogen) atoms. The fourth-order valence-electron chi connectivity index (χ4n) is 3.91. The molecular formula is C26H27BrN4O2. The zero-order valence-electron chi connectivity index (χ0n) is 19.7. The Morgan fingerprint density at radius 2 is 1.76 bits per heavy atom. The van der Waals surface area contributed by atoms with E-state index >= 15 is 0 Å². The number of hydrogen-bond acceptors (Lipinski definition) is 4. The van der Waals surface area contributed by atoms with Crippen molar-refractivity contribution in [2.24, 2.45) is 5.10 Å². The van der Waals surface area contributed by atoms with Crippen LogP contribution in [0.3, 0.4) is 0 Å². The van der Waals surface area contributed by atoms with E-state index in [2.05, 4.69) is 38.6 Å². The van der Waals surface area contributed by atoms with Crippen LogP contribution in [-0.2, 0) is 5.41 Å². The SMILES string of the molecule is COc1ccc(-n2c(C)cc(C=Nn3c(C(C)(C)C)nc4ccc(Br)cc4c3=O)c2C)cc1. The number of ether oxygens (including phenoxy) is 1. The van der Waals surface area contributed by atoms with Gasteiger partial charge in [0, 0.05) is 32.5 Å². The third-order valence-electron chi connectivity index (χ3n) is 5.59. The van der Waals surface area contributed by atoms with Gasteiger partial charge in [-0.2, -0.15) is 9.78 Å². The van der Waals surface area contributed by atoms with Crippen LogP contribution in [-0.4, -0.2) is 27.6 Å². The van der Waals surface area contributed by atoms with Crippen LogP contribution >= 0.6 is 15.9 Å². The van der Waals surface area contributed by atoms with Crippen molar-refractivity contribution in [2.75, 3.05) is 7.11 Å². The summed E-state index contributed by atoms with van der Waals surface area (Å²) in [5.74, 6) is 1.43. The van der Waals surface area contributed by atoms with E-state index in [1.165, 1.54) is 4.68 Å². The van der Waals surface area contributed by atoms with Gasteiger partial charge >= 0.3 is 0 Å². The number of aryl methyl sites for hydroxylation is 1. The third-order valence-corrected chi connectivity index (χ3v) is 6.09. The summed E-state index contributed by atoms with van der Waals surface area (Å²) in [5, 5.41) is 5.15. The quantitative estimate of drug-likeness (QED) is 0.330. The van der Waals surface area contributed by atoms with Gasteiger partial charge in [0.1, 0.15) is 11.6 Å². The number of hydrogen-bond donors (Lipinski definition) is 0. The molecule has 170 valence electrons. The number of rotatable bonds is 4. The number of methoxy groups -OCH3 is 1. The maximum Gasteiger partial charge on any atom is 0.282 e. The largest absolute Gasteiger partial charge is 0.497 e. The van der Waals surface area contributed by atoms with E-state index in [0.717, 1.165) is 32.9 Å². The Balaban J connectivity index is 1.83. The minimum Gasteiger partial charge on any atom is -0.497 e. The number of benzene rings is 2. The summed E-state index contributed by atoms with van der Waals surface area (Å²) in [4.78, 5) is 18.2. The first kappa shape index (κ1) is 23.0. The van der Waals surface area contributed by atoms with Gasteiger partial charge in [0.25, 0.3) is 5.56 Å². The summed E-state index contributed by atoms with van der Waals surface area (Å²) in [5.41, 5.74) is 4.19. The van der Waals surface area contributed by atoms with Gasteiger partial charge in [0.2, 0.25) is 0 Å². The first-order chi connectivity index (χ1) is 15.6. The fourth-order valence-corrected chi connectivity index (χ4v) is 4.27. The predicted octanol–water partition coefficient (Wildman–Crippen LogP) is 5.75. The summed E-state index contributed by atoms with van der Waals surface area (Å²) in [7, 11) is 1.66. The van der Waals surface area contributed by atoms with Crippen molar-refractivity contribution in [2.45, 2.75) is 40.0 Å². The Kier molecular flexibility index (Phi) is 6.01. The molecule has 0 spiro atoms. The van der Waals surface area contributed by atoms with E-state index < -0.39 is 0 Å². The molecule has 0 saturated heterocycles. The van der Waals surface area contributed by atoms with Crippen molar-refractivity contribution in [1.29, 1.82) is 0 Å². The molecule has 2 aromatic heterocycles. The Bertz CT molecular complexity index is 1420. The van der Waals surface area contributed by atoms with Gasteiger partial charge in [-0.05, 0) is 62.4 Å². The molecule has 0 saturated carbocycles. The lowest BCUT2D eigenvalue weighted by Crippen LogP contribution is -2.29. The molecular weight excluding hydrogens is 480 g/mol. The van der Waals surface area contributed by atoms with Gasteiger partial charge in [0.15, 0.2) is 0 Å². The van der Waals surface area contributed by atoms with E-state index in [4.69, 9.17) is 9.72 Å². The highest BCUT2D eigenvalue weighted by Gasteiger charge is 2.23. The van der Waals surface area contributed by atoms with Crippen LogP contribution in [0.15, 0.2) is 62.9 Å². The second-order valence-corrected chi connectivity index (χ2v) is 9.98. The molecule has 0 atom stereocenters. The van der Waals surface area contributed by atoms with Crippen LogP contribution in [0, 0.1) is 13.8 Å². The van der Waals surface area contributed by atoms with Crippen molar-refractivity contribution in [1.82, 2.24) is 14.2 Å². The average molecular weight is 507 g/mol. The third kappa shape index (κ3) is 4.37. The van der Waals surface area contributed by atoms with Crippen molar-refractivity contribution < 1.29 is 4.74 Å². The van der Waals surface area contributed by atoms with E-state index in [1.54, 1.807) is 19.4 Å². The van der Waals surface area contributed by atoms with Crippen molar-refractivity contribution in [3.05, 3.63) is 86.1 Å². The molecule has 2 heterocycles. The number of fused-ring (bicyclic) bond motifs is 1. The van der Waals surface area contributed by atoms with E-state index in [-0.39, 0.29) is 11.0 Å². The zero-order chi connectivity index (χ0) is 23.9. The first-order valence-electron chi connectivity index (χ1n) is 10.7. The number of aromatic nitrogens is 3. The van der Waals surface area contributed by atoms with Gasteiger partial charge in [-0.25, -0.2) is 4.98 Å². The van der Waals surface area contributed by atoms with Crippen LogP contribution in [0.1, 0.15) is 43.5 Å². The normalized spacial score (nSPS) is 12.1. The van der Waals surface area contributed by atoms with Gasteiger partial charge in [0.05, 0.1) is 24.2 Å². The molecule has 0 aliphatic carbocycles. The van der Waals surface area contributed by atoms with Gasteiger partial charge in [-0.1, -0.05) is 36.7 Å². The Labute approximate surface area is 201 Å². The molecule has 0 N–H and O–H groups in total. The summed E-state index contributed by atoms with van der Waals surface area (Å²) in [6.07, 6.45) is 1.74. The minimum absolute atomic E-state index is 0.188. The lowest BCUT2D eigenvalue weighted by molar-refractivity contribution is 0.414. The number of nitrogens with zero attached hydrogens (tertiary/aromatic N) is 4. The topological polar surface area (TPSA) is 61.4 Å². The molecule has 4 rings (SSSR count). The highest BCUT2D eigenvalue weighted by atomic mass is 79.9.